The molecule has 26 heavy (non-hydrogen) atoms. The van der Waals surface area contributed by atoms with Gasteiger partial charge in [0.25, 0.3) is 5.91 Å². The second kappa shape index (κ2) is 9.97. The van der Waals surface area contributed by atoms with Gasteiger partial charge < -0.3 is 15.0 Å². The molecule has 0 aliphatic carbocycles. The van der Waals surface area contributed by atoms with Crippen molar-refractivity contribution in [3.8, 4) is 5.75 Å². The highest BCUT2D eigenvalue weighted by molar-refractivity contribution is 9.10. The quantitative estimate of drug-likeness (QED) is 0.648. The number of nitrogens with zero attached hydrogens (tertiary/aromatic N) is 1. The number of hydrogen-bond acceptors (Lipinski definition) is 3. The molecule has 2 aromatic rings. The highest BCUT2D eigenvalue weighted by atomic mass is 79.9. The third kappa shape index (κ3) is 5.88. The maximum Gasteiger partial charge on any atom is 0.254 e. The number of amides is 2. The predicted molar refractivity (Wildman–Crippen MR) is 107 cm³/mol. The summed E-state index contributed by atoms with van der Waals surface area (Å²) in [6.07, 6.45) is 2.07. The molecule has 2 aromatic carbocycles. The van der Waals surface area contributed by atoms with Crippen molar-refractivity contribution in [2.45, 2.75) is 19.8 Å². The molecule has 0 saturated carbocycles. The van der Waals surface area contributed by atoms with Crippen molar-refractivity contribution in [1.29, 1.82) is 0 Å². The molecule has 0 fully saturated rings. The number of halogens is 1. The molecule has 5 nitrogen and oxygen atoms in total. The average Bonchev–Trinajstić information content (AvgIpc) is 2.64. The number of likely N-dealkylation sites (N-methyl/N-ethyl adjacent to an activating group) is 1. The number of carbonyl (C=O) groups is 2. The van der Waals surface area contributed by atoms with E-state index in [1.165, 1.54) is 4.90 Å². The largest absolute Gasteiger partial charge is 0.494 e. The van der Waals surface area contributed by atoms with Crippen LogP contribution in [0.1, 0.15) is 30.1 Å². The van der Waals surface area contributed by atoms with E-state index in [1.807, 2.05) is 18.2 Å². The molecule has 0 aliphatic rings. The molecule has 0 unspecified atom stereocenters. The minimum absolute atomic E-state index is 0.0328. The number of para-hydroxylation sites is 1. The van der Waals surface area contributed by atoms with Crippen molar-refractivity contribution in [3.63, 3.8) is 0 Å². The Morgan fingerprint density at radius 3 is 2.46 bits per heavy atom. The topological polar surface area (TPSA) is 58.6 Å². The first-order valence-corrected chi connectivity index (χ1v) is 9.33. The highest BCUT2D eigenvalue weighted by Crippen LogP contribution is 2.21. The van der Waals surface area contributed by atoms with E-state index < -0.39 is 0 Å². The van der Waals surface area contributed by atoms with Crippen LogP contribution in [-0.4, -0.2) is 36.9 Å². The lowest BCUT2D eigenvalue weighted by Crippen LogP contribution is -2.34. The first-order chi connectivity index (χ1) is 12.5. The van der Waals surface area contributed by atoms with Gasteiger partial charge in [-0.15, -0.1) is 0 Å². The molecule has 6 heteroatoms. The van der Waals surface area contributed by atoms with Crippen LogP contribution in [0.5, 0.6) is 5.75 Å². The van der Waals surface area contributed by atoms with Gasteiger partial charge in [0.05, 0.1) is 18.8 Å². The van der Waals surface area contributed by atoms with Crippen LogP contribution in [-0.2, 0) is 4.79 Å². The fourth-order valence-electron chi connectivity index (χ4n) is 2.29. The van der Waals surface area contributed by atoms with Crippen LogP contribution in [0.15, 0.2) is 53.0 Å². The van der Waals surface area contributed by atoms with Gasteiger partial charge in [0, 0.05) is 17.1 Å². The summed E-state index contributed by atoms with van der Waals surface area (Å²) in [5.41, 5.74) is 1.19. The molecule has 0 aliphatic heterocycles. The summed E-state index contributed by atoms with van der Waals surface area (Å²) >= 11 is 3.38. The fourth-order valence-corrected chi connectivity index (χ4v) is 2.67. The minimum atomic E-state index is -0.257. The molecule has 2 rings (SSSR count). The lowest BCUT2D eigenvalue weighted by molar-refractivity contribution is -0.116. The summed E-state index contributed by atoms with van der Waals surface area (Å²) in [5.74, 6) is 0.268. The van der Waals surface area contributed by atoms with Crippen molar-refractivity contribution in [2.75, 3.05) is 25.5 Å². The van der Waals surface area contributed by atoms with Gasteiger partial charge in [0.1, 0.15) is 5.75 Å². The Labute approximate surface area is 162 Å². The molecule has 0 spiro atoms. The van der Waals surface area contributed by atoms with E-state index >= 15 is 0 Å². The monoisotopic (exact) mass is 418 g/mol. The Kier molecular flexibility index (Phi) is 7.66. The van der Waals surface area contributed by atoms with Crippen molar-refractivity contribution in [3.05, 3.63) is 58.6 Å². The lowest BCUT2D eigenvalue weighted by Gasteiger charge is -2.17. The Morgan fingerprint density at radius 1 is 1.12 bits per heavy atom. The molecular weight excluding hydrogens is 396 g/mol. The van der Waals surface area contributed by atoms with Crippen LogP contribution in [0, 0.1) is 0 Å². The summed E-state index contributed by atoms with van der Waals surface area (Å²) in [7, 11) is 1.60. The molecule has 0 atom stereocenters. The van der Waals surface area contributed by atoms with Crippen LogP contribution >= 0.6 is 15.9 Å². The summed E-state index contributed by atoms with van der Waals surface area (Å²) in [6, 6.07) is 14.3. The highest BCUT2D eigenvalue weighted by Gasteiger charge is 2.15. The molecule has 0 radical (unpaired) electrons. The second-order valence-corrected chi connectivity index (χ2v) is 6.77. The number of benzene rings is 2. The molecular formula is C20H23BrN2O3. The van der Waals surface area contributed by atoms with E-state index in [2.05, 4.69) is 28.2 Å². The van der Waals surface area contributed by atoms with E-state index in [9.17, 15) is 9.59 Å². The SMILES string of the molecule is CCCCOc1ccc(C(=O)N(C)CC(=O)Nc2ccccc2Br)cc1. The maximum atomic E-state index is 12.5. The first kappa shape index (κ1) is 20.0. The first-order valence-electron chi connectivity index (χ1n) is 8.54. The minimum Gasteiger partial charge on any atom is -0.494 e. The van der Waals surface area contributed by atoms with Crippen molar-refractivity contribution in [2.24, 2.45) is 0 Å². The van der Waals surface area contributed by atoms with Crippen molar-refractivity contribution >= 4 is 33.4 Å². The van der Waals surface area contributed by atoms with Crippen LogP contribution in [0.25, 0.3) is 0 Å². The summed E-state index contributed by atoms with van der Waals surface area (Å²) in [6.45, 7) is 2.74. The van der Waals surface area contributed by atoms with E-state index in [0.717, 1.165) is 23.1 Å². The Hall–Kier alpha value is -2.34. The predicted octanol–water partition coefficient (Wildman–Crippen LogP) is 4.34. The maximum absolute atomic E-state index is 12.5. The van der Waals surface area contributed by atoms with Gasteiger partial charge in [-0.2, -0.15) is 0 Å². The molecule has 1 N–H and O–H groups in total. The zero-order valence-corrected chi connectivity index (χ0v) is 16.6. The number of nitrogens with one attached hydrogen (secondary N) is 1. The van der Waals surface area contributed by atoms with Crippen LogP contribution < -0.4 is 10.1 Å². The Morgan fingerprint density at radius 2 is 1.81 bits per heavy atom. The van der Waals surface area contributed by atoms with Gasteiger partial charge in [-0.1, -0.05) is 25.5 Å². The summed E-state index contributed by atoms with van der Waals surface area (Å²) < 4.78 is 6.38. The van der Waals surface area contributed by atoms with Gasteiger partial charge in [-0.05, 0) is 58.7 Å². The van der Waals surface area contributed by atoms with Gasteiger partial charge in [0.15, 0.2) is 0 Å². The van der Waals surface area contributed by atoms with Gasteiger partial charge in [0.2, 0.25) is 5.91 Å². The van der Waals surface area contributed by atoms with Crippen molar-refractivity contribution in [1.82, 2.24) is 4.90 Å². The number of unbranched alkanes of at least 4 members (excludes halogenated alkanes) is 1. The van der Waals surface area contributed by atoms with Crippen LogP contribution in [0.4, 0.5) is 5.69 Å². The van der Waals surface area contributed by atoms with E-state index in [0.29, 0.717) is 17.9 Å². The fraction of sp³-hybridized carbons (Fsp3) is 0.300. The molecule has 0 aromatic heterocycles. The van der Waals surface area contributed by atoms with Crippen LogP contribution in [0.3, 0.4) is 0 Å². The molecule has 2 amide bonds. The third-order valence-electron chi connectivity index (χ3n) is 3.74. The standard InChI is InChI=1S/C20H23BrN2O3/c1-3-4-13-26-16-11-9-15(10-12-16)20(25)23(2)14-19(24)22-18-8-6-5-7-17(18)21/h5-12H,3-4,13-14H2,1-2H3,(H,22,24). The van der Waals surface area contributed by atoms with Gasteiger partial charge >= 0.3 is 0 Å². The number of hydrogen-bond donors (Lipinski definition) is 1. The number of ether oxygens (including phenoxy) is 1. The van der Waals surface area contributed by atoms with E-state index in [-0.39, 0.29) is 18.4 Å². The molecule has 0 bridgehead atoms. The lowest BCUT2D eigenvalue weighted by atomic mass is 10.2. The molecule has 0 heterocycles. The van der Waals surface area contributed by atoms with E-state index in [1.54, 1.807) is 37.4 Å². The third-order valence-corrected chi connectivity index (χ3v) is 4.43. The number of carbonyl (C=O) groups excluding carboxylic acids is 2. The molecule has 138 valence electrons. The molecule has 0 saturated heterocycles. The Bertz CT molecular complexity index is 747. The second-order valence-electron chi connectivity index (χ2n) is 5.92. The van der Waals surface area contributed by atoms with Gasteiger partial charge in [-0.3, -0.25) is 9.59 Å². The summed E-state index contributed by atoms with van der Waals surface area (Å²) in [4.78, 5) is 26.0. The number of rotatable bonds is 8. The zero-order valence-electron chi connectivity index (χ0n) is 15.0. The summed E-state index contributed by atoms with van der Waals surface area (Å²) in [5, 5.41) is 2.79. The average molecular weight is 419 g/mol. The smallest absolute Gasteiger partial charge is 0.254 e. The van der Waals surface area contributed by atoms with E-state index in [4.69, 9.17) is 4.74 Å². The van der Waals surface area contributed by atoms with Crippen LogP contribution in [0.2, 0.25) is 0 Å². The van der Waals surface area contributed by atoms with Gasteiger partial charge in [-0.25, -0.2) is 0 Å². The van der Waals surface area contributed by atoms with Crippen molar-refractivity contribution < 1.29 is 14.3 Å². The zero-order chi connectivity index (χ0) is 18.9. The Balaban J connectivity index is 1.90. The normalized spacial score (nSPS) is 10.3. The number of anilines is 1.